The lowest BCUT2D eigenvalue weighted by molar-refractivity contribution is 0.411. The molecule has 0 aliphatic rings. The second-order valence-electron chi connectivity index (χ2n) is 4.66. The number of sulfonamides is 1. The van der Waals surface area contributed by atoms with Crippen LogP contribution < -0.4 is 9.46 Å². The molecule has 0 bridgehead atoms. The van der Waals surface area contributed by atoms with Gasteiger partial charge in [0.1, 0.15) is 5.75 Å². The summed E-state index contributed by atoms with van der Waals surface area (Å²) in [5, 5.41) is 0.522. The summed E-state index contributed by atoms with van der Waals surface area (Å²) >= 11 is 9.38. The molecule has 2 aromatic rings. The standard InChI is InChI=1S/C15H15BrClNO3S/c1-10(12-5-3-4-6-14(12)17)18-22(19,20)11-7-8-15(21-2)13(16)9-11/h3-10,18H,1-2H3. The molecule has 1 unspecified atom stereocenters. The predicted molar refractivity (Wildman–Crippen MR) is 90.9 cm³/mol. The van der Waals surface area contributed by atoms with Crippen molar-refractivity contribution in [2.75, 3.05) is 7.11 Å². The Kier molecular flexibility index (Phi) is 5.50. The molecule has 4 nitrogen and oxygen atoms in total. The van der Waals surface area contributed by atoms with E-state index in [0.29, 0.717) is 15.2 Å². The quantitative estimate of drug-likeness (QED) is 0.814. The molecule has 1 N–H and O–H groups in total. The highest BCUT2D eigenvalue weighted by Crippen LogP contribution is 2.29. The first-order chi connectivity index (χ1) is 10.3. The van der Waals surface area contributed by atoms with E-state index < -0.39 is 16.1 Å². The minimum Gasteiger partial charge on any atom is -0.496 e. The van der Waals surface area contributed by atoms with Crippen molar-refractivity contribution in [3.05, 3.63) is 57.5 Å². The summed E-state index contributed by atoms with van der Waals surface area (Å²) in [6.45, 7) is 1.75. The van der Waals surface area contributed by atoms with Gasteiger partial charge in [0.15, 0.2) is 0 Å². The lowest BCUT2D eigenvalue weighted by Gasteiger charge is -2.16. The summed E-state index contributed by atoms with van der Waals surface area (Å²) in [6.07, 6.45) is 0. The molecule has 0 saturated carbocycles. The minimum atomic E-state index is -3.67. The van der Waals surface area contributed by atoms with Crippen LogP contribution in [0.2, 0.25) is 5.02 Å². The molecule has 1 atom stereocenters. The van der Waals surface area contributed by atoms with Crippen LogP contribution in [0.4, 0.5) is 0 Å². The maximum absolute atomic E-state index is 12.5. The molecule has 0 fully saturated rings. The third-order valence-electron chi connectivity index (χ3n) is 3.14. The van der Waals surface area contributed by atoms with Crippen LogP contribution in [-0.4, -0.2) is 15.5 Å². The van der Waals surface area contributed by atoms with Crippen LogP contribution in [-0.2, 0) is 10.0 Å². The summed E-state index contributed by atoms with van der Waals surface area (Å²) in [5.41, 5.74) is 0.723. The van der Waals surface area contributed by atoms with Gasteiger partial charge in [0.05, 0.1) is 16.5 Å². The second-order valence-corrected chi connectivity index (χ2v) is 7.64. The molecular formula is C15H15BrClNO3S. The first-order valence-corrected chi connectivity index (χ1v) is 9.11. The second kappa shape index (κ2) is 7.00. The molecule has 2 rings (SSSR count). The van der Waals surface area contributed by atoms with Crippen molar-refractivity contribution in [2.45, 2.75) is 17.9 Å². The van der Waals surface area contributed by atoms with Gasteiger partial charge in [-0.1, -0.05) is 29.8 Å². The largest absolute Gasteiger partial charge is 0.496 e. The molecule has 0 aromatic heterocycles. The van der Waals surface area contributed by atoms with E-state index in [9.17, 15) is 8.42 Å². The fourth-order valence-electron chi connectivity index (χ4n) is 2.00. The van der Waals surface area contributed by atoms with Gasteiger partial charge < -0.3 is 4.74 Å². The number of rotatable bonds is 5. The predicted octanol–water partition coefficient (Wildman–Crippen LogP) is 4.15. The monoisotopic (exact) mass is 403 g/mol. The normalized spacial score (nSPS) is 12.9. The molecule has 0 aliphatic heterocycles. The Bertz CT molecular complexity index is 780. The van der Waals surface area contributed by atoms with E-state index in [2.05, 4.69) is 20.7 Å². The third-order valence-corrected chi connectivity index (χ3v) is 5.64. The van der Waals surface area contributed by atoms with Gasteiger partial charge in [-0.15, -0.1) is 0 Å². The highest BCUT2D eigenvalue weighted by Gasteiger charge is 2.20. The average molecular weight is 405 g/mol. The Morgan fingerprint density at radius 3 is 2.50 bits per heavy atom. The molecule has 7 heteroatoms. The van der Waals surface area contributed by atoms with E-state index in [0.717, 1.165) is 5.56 Å². The number of benzene rings is 2. The number of halogens is 2. The summed E-state index contributed by atoms with van der Waals surface area (Å²) in [5.74, 6) is 0.568. The van der Waals surface area contributed by atoms with Crippen LogP contribution in [0.1, 0.15) is 18.5 Å². The molecule has 0 saturated heterocycles. The first kappa shape index (κ1) is 17.3. The van der Waals surface area contributed by atoms with Crippen molar-refractivity contribution >= 4 is 37.6 Å². The van der Waals surface area contributed by atoms with Crippen LogP contribution in [0.15, 0.2) is 51.8 Å². The van der Waals surface area contributed by atoms with Crippen molar-refractivity contribution < 1.29 is 13.2 Å². The molecule has 0 spiro atoms. The fraction of sp³-hybridized carbons (Fsp3) is 0.200. The zero-order valence-corrected chi connectivity index (χ0v) is 15.2. The van der Waals surface area contributed by atoms with Gasteiger partial charge in [0.2, 0.25) is 10.0 Å². The maximum atomic E-state index is 12.5. The Morgan fingerprint density at radius 2 is 1.91 bits per heavy atom. The van der Waals surface area contributed by atoms with E-state index in [4.69, 9.17) is 16.3 Å². The Morgan fingerprint density at radius 1 is 1.23 bits per heavy atom. The molecule has 0 heterocycles. The topological polar surface area (TPSA) is 55.4 Å². The summed E-state index contributed by atoms with van der Waals surface area (Å²) in [4.78, 5) is 0.152. The third kappa shape index (κ3) is 3.81. The zero-order chi connectivity index (χ0) is 16.3. The molecular weight excluding hydrogens is 390 g/mol. The van der Waals surface area contributed by atoms with Gasteiger partial charge in [-0.25, -0.2) is 13.1 Å². The SMILES string of the molecule is COc1ccc(S(=O)(=O)NC(C)c2ccccc2Cl)cc1Br. The molecule has 0 aliphatic carbocycles. The highest BCUT2D eigenvalue weighted by molar-refractivity contribution is 9.10. The van der Waals surface area contributed by atoms with Crippen LogP contribution in [0, 0.1) is 0 Å². The number of hydrogen-bond acceptors (Lipinski definition) is 3. The van der Waals surface area contributed by atoms with Gasteiger partial charge in [-0.3, -0.25) is 0 Å². The van der Waals surface area contributed by atoms with Crippen molar-refractivity contribution in [1.29, 1.82) is 0 Å². The average Bonchev–Trinajstić information content (AvgIpc) is 2.47. The van der Waals surface area contributed by atoms with Crippen molar-refractivity contribution in [2.24, 2.45) is 0 Å². The van der Waals surface area contributed by atoms with E-state index in [1.807, 2.05) is 6.07 Å². The van der Waals surface area contributed by atoms with E-state index >= 15 is 0 Å². The van der Waals surface area contributed by atoms with E-state index in [-0.39, 0.29) is 4.90 Å². The van der Waals surface area contributed by atoms with Gasteiger partial charge in [-0.05, 0) is 52.7 Å². The van der Waals surface area contributed by atoms with Crippen LogP contribution in [0.5, 0.6) is 5.75 Å². The molecule has 2 aromatic carbocycles. The minimum absolute atomic E-state index is 0.152. The number of nitrogens with one attached hydrogen (secondary N) is 1. The van der Waals surface area contributed by atoms with Crippen LogP contribution in [0.25, 0.3) is 0 Å². The summed E-state index contributed by atoms with van der Waals surface area (Å²) < 4.78 is 33.2. The van der Waals surface area contributed by atoms with Crippen LogP contribution in [0.3, 0.4) is 0 Å². The number of hydrogen-bond donors (Lipinski definition) is 1. The molecule has 0 radical (unpaired) electrons. The van der Waals surface area contributed by atoms with Crippen molar-refractivity contribution in [3.8, 4) is 5.75 Å². The number of ether oxygens (including phenoxy) is 1. The zero-order valence-electron chi connectivity index (χ0n) is 12.0. The Balaban J connectivity index is 2.28. The molecule has 22 heavy (non-hydrogen) atoms. The molecule has 118 valence electrons. The van der Waals surface area contributed by atoms with Crippen LogP contribution >= 0.6 is 27.5 Å². The lowest BCUT2D eigenvalue weighted by Crippen LogP contribution is -2.27. The van der Waals surface area contributed by atoms with E-state index in [1.54, 1.807) is 31.2 Å². The van der Waals surface area contributed by atoms with Gasteiger partial charge in [0.25, 0.3) is 0 Å². The fourth-order valence-corrected chi connectivity index (χ4v) is 4.25. The van der Waals surface area contributed by atoms with Gasteiger partial charge in [-0.2, -0.15) is 0 Å². The van der Waals surface area contributed by atoms with Gasteiger partial charge in [0, 0.05) is 11.1 Å². The van der Waals surface area contributed by atoms with Crippen molar-refractivity contribution in [1.82, 2.24) is 4.72 Å². The first-order valence-electron chi connectivity index (χ1n) is 6.45. The smallest absolute Gasteiger partial charge is 0.241 e. The Labute approximate surface area is 143 Å². The van der Waals surface area contributed by atoms with Gasteiger partial charge >= 0.3 is 0 Å². The highest BCUT2D eigenvalue weighted by atomic mass is 79.9. The Hall–Kier alpha value is -1.08. The lowest BCUT2D eigenvalue weighted by atomic mass is 10.1. The summed E-state index contributed by atoms with van der Waals surface area (Å²) in [7, 11) is -2.15. The summed E-state index contributed by atoms with van der Waals surface area (Å²) in [6, 6.07) is 11.3. The van der Waals surface area contributed by atoms with E-state index in [1.165, 1.54) is 19.2 Å². The van der Waals surface area contributed by atoms with Crippen molar-refractivity contribution in [3.63, 3.8) is 0 Å². The number of methoxy groups -OCH3 is 1. The maximum Gasteiger partial charge on any atom is 0.241 e. The molecule has 0 amide bonds.